The highest BCUT2D eigenvalue weighted by Gasteiger charge is 2.19. The molecule has 1 heterocycles. The monoisotopic (exact) mass is 337 g/mol. The minimum absolute atomic E-state index is 0.00378. The van der Waals surface area contributed by atoms with Crippen molar-refractivity contribution in [2.45, 2.75) is 26.8 Å². The largest absolute Gasteiger partial charge is 0.482 e. The van der Waals surface area contributed by atoms with Gasteiger partial charge in [0.2, 0.25) is 0 Å². The number of rotatable bonds is 6. The molecule has 0 saturated heterocycles. The maximum Gasteiger partial charge on any atom is 0.258 e. The number of thiophene rings is 1. The lowest BCUT2D eigenvalue weighted by atomic mass is 10.0. The lowest BCUT2D eigenvalue weighted by molar-refractivity contribution is -0.124. The first-order valence-electron chi connectivity index (χ1n) is 7.19. The highest BCUT2D eigenvalue weighted by Crippen LogP contribution is 2.27. The molecule has 3 nitrogen and oxygen atoms in total. The molecule has 0 spiro atoms. The van der Waals surface area contributed by atoms with E-state index in [9.17, 15) is 4.79 Å². The second kappa shape index (κ2) is 7.65. The third-order valence-corrected chi connectivity index (χ3v) is 4.55. The molecule has 2 aromatic rings. The topological polar surface area (TPSA) is 38.3 Å². The molecule has 1 amide bonds. The van der Waals surface area contributed by atoms with Crippen molar-refractivity contribution in [3.63, 3.8) is 0 Å². The Kier molecular flexibility index (Phi) is 5.86. The van der Waals surface area contributed by atoms with Gasteiger partial charge in [0.25, 0.3) is 5.91 Å². The third kappa shape index (κ3) is 4.49. The van der Waals surface area contributed by atoms with Gasteiger partial charge in [0, 0.05) is 4.88 Å². The van der Waals surface area contributed by atoms with E-state index in [1.54, 1.807) is 17.4 Å². The van der Waals surface area contributed by atoms with Crippen LogP contribution >= 0.6 is 22.9 Å². The van der Waals surface area contributed by atoms with Crippen molar-refractivity contribution in [2.75, 3.05) is 6.61 Å². The fraction of sp³-hybridized carbons (Fsp3) is 0.353. The van der Waals surface area contributed by atoms with Crippen LogP contribution in [0.2, 0.25) is 5.02 Å². The van der Waals surface area contributed by atoms with E-state index in [1.165, 1.54) is 0 Å². The standard InChI is InChI=1S/C17H20ClNO2S/c1-11(2)17(15-5-4-8-22-15)19-16(20)10-21-14-9-12(3)6-7-13(14)18/h4-9,11,17H,10H2,1-3H3,(H,19,20)/t17-/m1/s1. The zero-order valence-corrected chi connectivity index (χ0v) is 14.5. The van der Waals surface area contributed by atoms with E-state index in [4.69, 9.17) is 16.3 Å². The maximum atomic E-state index is 12.1. The molecule has 0 unspecified atom stereocenters. The van der Waals surface area contributed by atoms with Crippen LogP contribution in [0.5, 0.6) is 5.75 Å². The minimum Gasteiger partial charge on any atom is -0.482 e. The van der Waals surface area contributed by atoms with Gasteiger partial charge in [-0.25, -0.2) is 0 Å². The summed E-state index contributed by atoms with van der Waals surface area (Å²) in [4.78, 5) is 13.3. The molecular formula is C17H20ClNO2S. The highest BCUT2D eigenvalue weighted by atomic mass is 35.5. The van der Waals surface area contributed by atoms with Crippen molar-refractivity contribution in [1.29, 1.82) is 0 Å². The first-order valence-corrected chi connectivity index (χ1v) is 8.45. The number of hydrogen-bond acceptors (Lipinski definition) is 3. The fourth-order valence-corrected chi connectivity index (χ4v) is 3.24. The summed E-state index contributed by atoms with van der Waals surface area (Å²) >= 11 is 7.71. The molecule has 1 N–H and O–H groups in total. The van der Waals surface area contributed by atoms with E-state index in [0.717, 1.165) is 10.4 Å². The Morgan fingerprint density at radius 1 is 1.36 bits per heavy atom. The Balaban J connectivity index is 1.96. The van der Waals surface area contributed by atoms with Crippen LogP contribution in [-0.4, -0.2) is 12.5 Å². The summed E-state index contributed by atoms with van der Waals surface area (Å²) in [7, 11) is 0. The first kappa shape index (κ1) is 16.8. The number of carbonyl (C=O) groups is 1. The SMILES string of the molecule is Cc1ccc(Cl)c(OCC(=O)N[C@@H](c2cccs2)C(C)C)c1. The predicted molar refractivity (Wildman–Crippen MR) is 91.7 cm³/mol. The van der Waals surface area contributed by atoms with Crippen molar-refractivity contribution < 1.29 is 9.53 Å². The molecule has 0 saturated carbocycles. The van der Waals surface area contributed by atoms with E-state index in [0.29, 0.717) is 16.7 Å². The summed E-state index contributed by atoms with van der Waals surface area (Å²) in [5.74, 6) is 0.698. The smallest absolute Gasteiger partial charge is 0.258 e. The molecule has 0 aliphatic rings. The van der Waals surface area contributed by atoms with Crippen molar-refractivity contribution in [3.05, 3.63) is 51.2 Å². The molecule has 5 heteroatoms. The lowest BCUT2D eigenvalue weighted by Gasteiger charge is -2.21. The number of carbonyl (C=O) groups excluding carboxylic acids is 1. The minimum atomic E-state index is -0.148. The second-order valence-corrected chi connectivity index (χ2v) is 6.91. The summed E-state index contributed by atoms with van der Waals surface area (Å²) < 4.78 is 5.54. The fourth-order valence-electron chi connectivity index (χ4n) is 2.11. The van der Waals surface area contributed by atoms with Gasteiger partial charge >= 0.3 is 0 Å². The van der Waals surface area contributed by atoms with Gasteiger partial charge in [-0.1, -0.05) is 37.6 Å². The average Bonchev–Trinajstić information content (AvgIpc) is 2.99. The first-order chi connectivity index (χ1) is 10.5. The van der Waals surface area contributed by atoms with Crippen LogP contribution in [0.3, 0.4) is 0 Å². The zero-order valence-electron chi connectivity index (χ0n) is 12.9. The molecule has 22 heavy (non-hydrogen) atoms. The molecule has 1 atom stereocenters. The molecule has 0 radical (unpaired) electrons. The Hall–Kier alpha value is -1.52. The molecule has 0 bridgehead atoms. The van der Waals surface area contributed by atoms with E-state index in [1.807, 2.05) is 36.6 Å². The molecule has 0 aliphatic heterocycles. The number of ether oxygens (including phenoxy) is 1. The number of hydrogen-bond donors (Lipinski definition) is 1. The number of halogens is 1. The Labute approximate surface area is 140 Å². The number of amides is 1. The van der Waals surface area contributed by atoms with Gasteiger partial charge in [-0.2, -0.15) is 0 Å². The summed E-state index contributed by atoms with van der Waals surface area (Å²) in [6, 6.07) is 9.53. The Morgan fingerprint density at radius 3 is 2.77 bits per heavy atom. The number of benzene rings is 1. The second-order valence-electron chi connectivity index (χ2n) is 5.53. The molecule has 1 aromatic heterocycles. The zero-order chi connectivity index (χ0) is 16.1. The molecule has 2 rings (SSSR count). The highest BCUT2D eigenvalue weighted by molar-refractivity contribution is 7.10. The van der Waals surface area contributed by atoms with Gasteiger partial charge in [0.05, 0.1) is 11.1 Å². The van der Waals surface area contributed by atoms with Gasteiger partial charge in [0.1, 0.15) is 5.75 Å². The van der Waals surface area contributed by atoms with E-state index in [2.05, 4.69) is 19.2 Å². The van der Waals surface area contributed by atoms with Crippen molar-refractivity contribution in [2.24, 2.45) is 5.92 Å². The van der Waals surface area contributed by atoms with Crippen molar-refractivity contribution in [3.8, 4) is 5.75 Å². The lowest BCUT2D eigenvalue weighted by Crippen LogP contribution is -2.34. The van der Waals surface area contributed by atoms with Crippen LogP contribution in [-0.2, 0) is 4.79 Å². The van der Waals surface area contributed by atoms with Crippen molar-refractivity contribution >= 4 is 28.8 Å². The number of aryl methyl sites for hydroxylation is 1. The van der Waals surface area contributed by atoms with Crippen LogP contribution in [0, 0.1) is 12.8 Å². The van der Waals surface area contributed by atoms with Crippen LogP contribution < -0.4 is 10.1 Å². The molecular weight excluding hydrogens is 318 g/mol. The van der Waals surface area contributed by atoms with Gasteiger partial charge in [-0.05, 0) is 42.0 Å². The van der Waals surface area contributed by atoms with Crippen LogP contribution in [0.4, 0.5) is 0 Å². The number of nitrogens with one attached hydrogen (secondary N) is 1. The maximum absolute atomic E-state index is 12.1. The summed E-state index contributed by atoms with van der Waals surface area (Å²) in [6.45, 7) is 6.08. The van der Waals surface area contributed by atoms with Crippen LogP contribution in [0.1, 0.15) is 30.3 Å². The van der Waals surface area contributed by atoms with E-state index < -0.39 is 0 Å². The van der Waals surface area contributed by atoms with Gasteiger partial charge in [-0.3, -0.25) is 4.79 Å². The molecule has 118 valence electrons. The van der Waals surface area contributed by atoms with Crippen LogP contribution in [0.25, 0.3) is 0 Å². The van der Waals surface area contributed by atoms with Crippen molar-refractivity contribution in [1.82, 2.24) is 5.32 Å². The summed E-state index contributed by atoms with van der Waals surface area (Å²) in [6.07, 6.45) is 0. The van der Waals surface area contributed by atoms with E-state index >= 15 is 0 Å². The third-order valence-electron chi connectivity index (χ3n) is 3.28. The Morgan fingerprint density at radius 2 is 2.14 bits per heavy atom. The average molecular weight is 338 g/mol. The molecule has 1 aromatic carbocycles. The van der Waals surface area contributed by atoms with Crippen LogP contribution in [0.15, 0.2) is 35.7 Å². The molecule has 0 fully saturated rings. The quantitative estimate of drug-likeness (QED) is 0.836. The summed E-state index contributed by atoms with van der Waals surface area (Å²) in [5, 5.41) is 5.55. The van der Waals surface area contributed by atoms with Gasteiger partial charge in [-0.15, -0.1) is 11.3 Å². The predicted octanol–water partition coefficient (Wildman–Crippen LogP) is 4.60. The van der Waals surface area contributed by atoms with E-state index in [-0.39, 0.29) is 18.6 Å². The Bertz CT molecular complexity index is 626. The normalized spacial score (nSPS) is 12.2. The molecule has 0 aliphatic carbocycles. The van der Waals surface area contributed by atoms with Gasteiger partial charge < -0.3 is 10.1 Å². The van der Waals surface area contributed by atoms with Gasteiger partial charge in [0.15, 0.2) is 6.61 Å². The summed E-state index contributed by atoms with van der Waals surface area (Å²) in [5.41, 5.74) is 1.04.